The van der Waals surface area contributed by atoms with Crippen molar-refractivity contribution < 1.29 is 14.3 Å². The number of nitrogens with one attached hydrogen (secondary N) is 2. The van der Waals surface area contributed by atoms with Crippen molar-refractivity contribution in [2.45, 2.75) is 6.42 Å². The normalized spacial score (nSPS) is 16.7. The van der Waals surface area contributed by atoms with E-state index in [9.17, 15) is 4.79 Å². The third-order valence-corrected chi connectivity index (χ3v) is 3.66. The molecule has 1 aromatic heterocycles. The van der Waals surface area contributed by atoms with Crippen molar-refractivity contribution in [3.8, 4) is 11.5 Å². The molecule has 2 heterocycles. The number of carbonyl (C=O) groups is 1. The number of aromatic nitrogens is 1. The summed E-state index contributed by atoms with van der Waals surface area (Å²) in [6.07, 6.45) is 4.30. The van der Waals surface area contributed by atoms with Crippen molar-refractivity contribution in [2.24, 2.45) is 5.92 Å². The van der Waals surface area contributed by atoms with E-state index in [-0.39, 0.29) is 11.8 Å². The summed E-state index contributed by atoms with van der Waals surface area (Å²) in [4.78, 5) is 14.8. The van der Waals surface area contributed by atoms with Gasteiger partial charge in [-0.05, 0) is 24.1 Å². The SMILES string of the molecule is COc1cccc2c1OC[C@H](CNC(=O)c1cc[nH]c1)C2. The maximum absolute atomic E-state index is 11.9. The number of para-hydroxylation sites is 1. The molecule has 0 bridgehead atoms. The van der Waals surface area contributed by atoms with Crippen LogP contribution in [0.1, 0.15) is 15.9 Å². The minimum absolute atomic E-state index is 0.0623. The Hall–Kier alpha value is -2.43. The highest BCUT2D eigenvalue weighted by Gasteiger charge is 2.23. The van der Waals surface area contributed by atoms with Gasteiger partial charge in [-0.2, -0.15) is 0 Å². The van der Waals surface area contributed by atoms with Gasteiger partial charge in [-0.25, -0.2) is 0 Å². The van der Waals surface area contributed by atoms with Crippen LogP contribution in [0.4, 0.5) is 0 Å². The summed E-state index contributed by atoms with van der Waals surface area (Å²) >= 11 is 0. The Morgan fingerprint density at radius 1 is 1.48 bits per heavy atom. The molecule has 1 aliphatic rings. The first-order chi connectivity index (χ1) is 10.3. The Bertz CT molecular complexity index is 622. The Kier molecular flexibility index (Phi) is 3.81. The molecule has 5 nitrogen and oxygen atoms in total. The van der Waals surface area contributed by atoms with E-state index < -0.39 is 0 Å². The van der Waals surface area contributed by atoms with E-state index in [0.29, 0.717) is 18.7 Å². The standard InChI is InChI=1S/C16H18N2O3/c1-20-14-4-2-3-12-7-11(10-21-15(12)14)8-18-16(19)13-5-6-17-9-13/h2-6,9,11,17H,7-8,10H2,1H3,(H,18,19)/t11-/m0/s1. The van der Waals surface area contributed by atoms with Crippen molar-refractivity contribution in [1.82, 2.24) is 10.3 Å². The topological polar surface area (TPSA) is 63.4 Å². The van der Waals surface area contributed by atoms with Crippen LogP contribution in [0.3, 0.4) is 0 Å². The fourth-order valence-corrected chi connectivity index (χ4v) is 2.55. The highest BCUT2D eigenvalue weighted by atomic mass is 16.5. The number of aromatic amines is 1. The Morgan fingerprint density at radius 2 is 2.38 bits per heavy atom. The highest BCUT2D eigenvalue weighted by Crippen LogP contribution is 2.35. The molecule has 1 amide bonds. The molecule has 2 aromatic rings. The summed E-state index contributed by atoms with van der Waals surface area (Å²) in [6.45, 7) is 1.18. The maximum atomic E-state index is 11.9. The average molecular weight is 286 g/mol. The van der Waals surface area contributed by atoms with Crippen molar-refractivity contribution in [1.29, 1.82) is 0 Å². The van der Waals surface area contributed by atoms with Crippen molar-refractivity contribution in [2.75, 3.05) is 20.3 Å². The molecule has 5 heteroatoms. The lowest BCUT2D eigenvalue weighted by Gasteiger charge is -2.26. The van der Waals surface area contributed by atoms with Gasteiger partial charge >= 0.3 is 0 Å². The summed E-state index contributed by atoms with van der Waals surface area (Å²) < 4.78 is 11.1. The van der Waals surface area contributed by atoms with Crippen molar-refractivity contribution in [3.05, 3.63) is 47.8 Å². The zero-order chi connectivity index (χ0) is 14.7. The zero-order valence-corrected chi connectivity index (χ0v) is 11.9. The second-order valence-electron chi connectivity index (χ2n) is 5.14. The van der Waals surface area contributed by atoms with E-state index in [2.05, 4.69) is 10.3 Å². The average Bonchev–Trinajstić information content (AvgIpc) is 3.06. The number of rotatable bonds is 4. The van der Waals surface area contributed by atoms with Gasteiger partial charge < -0.3 is 19.8 Å². The molecule has 0 saturated carbocycles. The minimum atomic E-state index is -0.0623. The molecular formula is C16H18N2O3. The second-order valence-corrected chi connectivity index (χ2v) is 5.14. The number of fused-ring (bicyclic) bond motifs is 1. The molecule has 0 unspecified atom stereocenters. The van der Waals surface area contributed by atoms with Gasteiger partial charge in [-0.1, -0.05) is 12.1 Å². The van der Waals surface area contributed by atoms with Gasteiger partial charge in [0.15, 0.2) is 11.5 Å². The summed E-state index contributed by atoms with van der Waals surface area (Å²) in [6, 6.07) is 7.65. The largest absolute Gasteiger partial charge is 0.493 e. The minimum Gasteiger partial charge on any atom is -0.493 e. The Balaban J connectivity index is 1.61. The van der Waals surface area contributed by atoms with Gasteiger partial charge in [0.2, 0.25) is 0 Å². The van der Waals surface area contributed by atoms with Crippen LogP contribution in [0.25, 0.3) is 0 Å². The molecule has 1 atom stereocenters. The molecular weight excluding hydrogens is 268 g/mol. The molecule has 0 spiro atoms. The molecule has 0 fully saturated rings. The molecule has 1 aliphatic heterocycles. The van der Waals surface area contributed by atoms with Crippen LogP contribution in [-0.4, -0.2) is 31.2 Å². The van der Waals surface area contributed by atoms with E-state index in [1.807, 2.05) is 18.2 Å². The first-order valence-electron chi connectivity index (χ1n) is 6.97. The number of ether oxygens (including phenoxy) is 2. The first-order valence-corrected chi connectivity index (χ1v) is 6.97. The number of amides is 1. The predicted octanol–water partition coefficient (Wildman–Crippen LogP) is 2.00. The summed E-state index contributed by atoms with van der Waals surface area (Å²) in [5, 5.41) is 2.94. The van der Waals surface area contributed by atoms with E-state index >= 15 is 0 Å². The number of hydrogen-bond donors (Lipinski definition) is 2. The maximum Gasteiger partial charge on any atom is 0.252 e. The van der Waals surface area contributed by atoms with Crippen LogP contribution in [0.2, 0.25) is 0 Å². The van der Waals surface area contributed by atoms with E-state index in [4.69, 9.17) is 9.47 Å². The van der Waals surface area contributed by atoms with Gasteiger partial charge in [0, 0.05) is 24.9 Å². The Morgan fingerprint density at radius 3 is 3.14 bits per heavy atom. The van der Waals surface area contributed by atoms with Gasteiger partial charge in [0.1, 0.15) is 0 Å². The van der Waals surface area contributed by atoms with Gasteiger partial charge in [0.05, 0.1) is 19.3 Å². The molecule has 2 N–H and O–H groups in total. The van der Waals surface area contributed by atoms with Crippen LogP contribution in [0.5, 0.6) is 11.5 Å². The smallest absolute Gasteiger partial charge is 0.252 e. The lowest BCUT2D eigenvalue weighted by molar-refractivity contribution is 0.0938. The van der Waals surface area contributed by atoms with Crippen LogP contribution in [0.15, 0.2) is 36.7 Å². The predicted molar refractivity (Wildman–Crippen MR) is 78.8 cm³/mol. The second kappa shape index (κ2) is 5.91. The zero-order valence-electron chi connectivity index (χ0n) is 11.9. The molecule has 0 radical (unpaired) electrons. The van der Waals surface area contributed by atoms with Crippen LogP contribution < -0.4 is 14.8 Å². The Labute approximate surface area is 123 Å². The fraction of sp³-hybridized carbons (Fsp3) is 0.312. The fourth-order valence-electron chi connectivity index (χ4n) is 2.55. The quantitative estimate of drug-likeness (QED) is 0.903. The molecule has 21 heavy (non-hydrogen) atoms. The summed E-state index contributed by atoms with van der Waals surface area (Å²) in [5.41, 5.74) is 1.77. The number of methoxy groups -OCH3 is 1. The molecule has 0 aliphatic carbocycles. The van der Waals surface area contributed by atoms with Crippen molar-refractivity contribution >= 4 is 5.91 Å². The lowest BCUT2D eigenvalue weighted by atomic mass is 9.96. The molecule has 110 valence electrons. The van der Waals surface area contributed by atoms with Crippen LogP contribution in [0, 0.1) is 5.92 Å². The van der Waals surface area contributed by atoms with Crippen molar-refractivity contribution in [3.63, 3.8) is 0 Å². The lowest BCUT2D eigenvalue weighted by Crippen LogP contribution is -2.34. The van der Waals surface area contributed by atoms with Crippen LogP contribution in [-0.2, 0) is 6.42 Å². The molecule has 3 rings (SSSR count). The molecule has 1 aromatic carbocycles. The number of hydrogen-bond acceptors (Lipinski definition) is 3. The molecule has 0 saturated heterocycles. The third kappa shape index (κ3) is 2.86. The van der Waals surface area contributed by atoms with E-state index in [1.54, 1.807) is 25.6 Å². The van der Waals surface area contributed by atoms with E-state index in [1.165, 1.54) is 0 Å². The van der Waals surface area contributed by atoms with Crippen LogP contribution >= 0.6 is 0 Å². The summed E-state index contributed by atoms with van der Waals surface area (Å²) in [7, 11) is 1.64. The number of H-pyrrole nitrogens is 1. The third-order valence-electron chi connectivity index (χ3n) is 3.66. The number of carbonyl (C=O) groups excluding carboxylic acids is 1. The monoisotopic (exact) mass is 286 g/mol. The first kappa shape index (κ1) is 13.5. The number of benzene rings is 1. The van der Waals surface area contributed by atoms with Gasteiger partial charge in [-0.15, -0.1) is 0 Å². The van der Waals surface area contributed by atoms with Gasteiger partial charge in [-0.3, -0.25) is 4.79 Å². The van der Waals surface area contributed by atoms with E-state index in [0.717, 1.165) is 23.5 Å². The van der Waals surface area contributed by atoms with Gasteiger partial charge in [0.25, 0.3) is 5.91 Å². The highest BCUT2D eigenvalue weighted by molar-refractivity contribution is 5.93. The summed E-state index contributed by atoms with van der Waals surface area (Å²) in [5.74, 6) is 1.80.